The molecular weight excluding hydrogens is 376 g/mol. The average Bonchev–Trinajstić information content (AvgIpc) is 3.46. The molecule has 4 aromatic rings. The first kappa shape index (κ1) is 18.8. The molecule has 1 aromatic carbocycles. The molecule has 1 saturated heterocycles. The molecule has 0 unspecified atom stereocenters. The number of aromatic amines is 2. The Hall–Kier alpha value is -3.19. The van der Waals surface area contributed by atoms with Crippen LogP contribution in [-0.4, -0.2) is 52.9 Å². The van der Waals surface area contributed by atoms with Crippen LogP contribution in [0.25, 0.3) is 33.2 Å². The minimum absolute atomic E-state index is 0.224. The minimum Gasteiger partial charge on any atom is -0.370 e. The lowest BCUT2D eigenvalue weighted by atomic mass is 9.76. The molecule has 3 N–H and O–H groups in total. The van der Waals surface area contributed by atoms with Crippen LogP contribution in [0.3, 0.4) is 0 Å². The summed E-state index contributed by atoms with van der Waals surface area (Å²) in [7, 11) is 1.94. The molecule has 7 nitrogen and oxygen atoms in total. The fraction of sp³-hybridized carbons (Fsp3) is 0.348. The minimum atomic E-state index is -0.224. The largest absolute Gasteiger partial charge is 0.370 e. The Morgan fingerprint density at radius 2 is 2.07 bits per heavy atom. The Balaban J connectivity index is 1.54. The summed E-state index contributed by atoms with van der Waals surface area (Å²) in [5, 5.41) is 4.30. The summed E-state index contributed by atoms with van der Waals surface area (Å²) in [6.07, 6.45) is 9.41. The van der Waals surface area contributed by atoms with Crippen molar-refractivity contribution in [1.82, 2.24) is 25.3 Å². The number of nitrogens with one attached hydrogen (secondary N) is 3. The van der Waals surface area contributed by atoms with E-state index in [1.807, 2.05) is 19.4 Å². The Bertz CT molecular complexity index is 1180. The van der Waals surface area contributed by atoms with Gasteiger partial charge in [0.1, 0.15) is 11.9 Å². The zero-order chi connectivity index (χ0) is 20.6. The Kier molecular flexibility index (Phi) is 4.75. The van der Waals surface area contributed by atoms with E-state index in [1.165, 1.54) is 12.0 Å². The van der Waals surface area contributed by atoms with Gasteiger partial charge in [0, 0.05) is 41.8 Å². The van der Waals surface area contributed by atoms with Crippen LogP contribution in [0.5, 0.6) is 0 Å². The van der Waals surface area contributed by atoms with E-state index >= 15 is 0 Å². The van der Waals surface area contributed by atoms with Crippen LogP contribution >= 0.6 is 0 Å². The maximum Gasteiger partial charge on any atom is 0.139 e. The molecule has 0 saturated carbocycles. The fourth-order valence-electron chi connectivity index (χ4n) is 4.62. The summed E-state index contributed by atoms with van der Waals surface area (Å²) in [6.45, 7) is 2.57. The number of hydrogen-bond acceptors (Lipinski definition) is 5. The number of piperidine rings is 1. The molecule has 0 amide bonds. The number of carbonyl (C=O) groups is 1. The fourth-order valence-corrected chi connectivity index (χ4v) is 4.62. The molecule has 0 spiro atoms. The molecule has 1 fully saturated rings. The standard InChI is InChI=1S/C23H26N6O/c1-24-9-5-23(14-30)6-10-29(11-7-23)21-17-4-8-25-22(17)26-13-18(21)16-2-3-19-20(12-16)28-15-27-19/h2-4,8,12-15,24H,5-7,9-11H2,1H3,(H,25,26)(H,27,28). The summed E-state index contributed by atoms with van der Waals surface area (Å²) < 4.78 is 0. The Morgan fingerprint density at radius 3 is 2.87 bits per heavy atom. The van der Waals surface area contributed by atoms with Crippen LogP contribution in [0.2, 0.25) is 0 Å². The maximum atomic E-state index is 11.9. The van der Waals surface area contributed by atoms with Crippen molar-refractivity contribution in [2.45, 2.75) is 19.3 Å². The number of hydrogen-bond donors (Lipinski definition) is 3. The van der Waals surface area contributed by atoms with Crippen molar-refractivity contribution in [3.8, 4) is 11.1 Å². The number of pyridine rings is 1. The molecule has 0 bridgehead atoms. The van der Waals surface area contributed by atoms with Gasteiger partial charge in [0.2, 0.25) is 0 Å². The van der Waals surface area contributed by atoms with Crippen LogP contribution in [0.4, 0.5) is 5.69 Å². The highest BCUT2D eigenvalue weighted by atomic mass is 16.1. The molecule has 3 aromatic heterocycles. The van der Waals surface area contributed by atoms with E-state index in [2.05, 4.69) is 54.4 Å². The van der Waals surface area contributed by atoms with Gasteiger partial charge in [0.15, 0.2) is 0 Å². The van der Waals surface area contributed by atoms with Gasteiger partial charge < -0.3 is 25.0 Å². The topological polar surface area (TPSA) is 89.7 Å². The molecule has 0 radical (unpaired) electrons. The van der Waals surface area contributed by atoms with Gasteiger partial charge in [0.05, 0.1) is 23.0 Å². The van der Waals surface area contributed by atoms with Gasteiger partial charge in [-0.1, -0.05) is 6.07 Å². The predicted molar refractivity (Wildman–Crippen MR) is 120 cm³/mol. The van der Waals surface area contributed by atoms with E-state index in [-0.39, 0.29) is 5.41 Å². The first-order valence-electron chi connectivity index (χ1n) is 10.5. The molecule has 1 aliphatic rings. The van der Waals surface area contributed by atoms with Gasteiger partial charge in [-0.2, -0.15) is 0 Å². The van der Waals surface area contributed by atoms with Crippen molar-refractivity contribution >= 4 is 34.0 Å². The molecule has 7 heteroatoms. The van der Waals surface area contributed by atoms with E-state index in [0.29, 0.717) is 0 Å². The smallest absolute Gasteiger partial charge is 0.139 e. The molecule has 0 aliphatic carbocycles. The molecule has 1 aliphatic heterocycles. The summed E-state index contributed by atoms with van der Waals surface area (Å²) in [5.41, 5.74) is 6.01. The van der Waals surface area contributed by atoms with Crippen LogP contribution < -0.4 is 10.2 Å². The third-order valence-electron chi connectivity index (χ3n) is 6.49. The van der Waals surface area contributed by atoms with E-state index in [9.17, 15) is 4.79 Å². The lowest BCUT2D eigenvalue weighted by molar-refractivity contribution is -0.117. The summed E-state index contributed by atoms with van der Waals surface area (Å²) >= 11 is 0. The first-order valence-corrected chi connectivity index (χ1v) is 10.5. The number of aldehydes is 1. The number of fused-ring (bicyclic) bond motifs is 2. The average molecular weight is 403 g/mol. The second-order valence-corrected chi connectivity index (χ2v) is 8.22. The normalized spacial score (nSPS) is 16.4. The van der Waals surface area contributed by atoms with Crippen molar-refractivity contribution in [3.63, 3.8) is 0 Å². The second-order valence-electron chi connectivity index (χ2n) is 8.22. The lowest BCUT2D eigenvalue weighted by Crippen LogP contribution is -2.42. The van der Waals surface area contributed by atoms with Crippen LogP contribution in [0.1, 0.15) is 19.3 Å². The molecule has 0 atom stereocenters. The number of benzene rings is 1. The maximum absolute atomic E-state index is 11.9. The van der Waals surface area contributed by atoms with E-state index in [0.717, 1.165) is 72.1 Å². The number of aromatic nitrogens is 4. The lowest BCUT2D eigenvalue weighted by Gasteiger charge is -2.40. The number of imidazole rings is 1. The van der Waals surface area contributed by atoms with Gasteiger partial charge in [-0.25, -0.2) is 9.97 Å². The summed E-state index contributed by atoms with van der Waals surface area (Å²) in [4.78, 5) is 29.8. The molecule has 154 valence electrons. The zero-order valence-electron chi connectivity index (χ0n) is 17.1. The number of nitrogens with zero attached hydrogens (tertiary/aromatic N) is 3. The number of carbonyl (C=O) groups excluding carboxylic acids is 1. The number of H-pyrrole nitrogens is 2. The van der Waals surface area contributed by atoms with Gasteiger partial charge in [0.25, 0.3) is 0 Å². The quantitative estimate of drug-likeness (QED) is 0.430. The van der Waals surface area contributed by atoms with E-state index in [4.69, 9.17) is 0 Å². The molecule has 4 heterocycles. The third kappa shape index (κ3) is 3.15. The number of anilines is 1. The highest BCUT2D eigenvalue weighted by Crippen LogP contribution is 2.41. The third-order valence-corrected chi connectivity index (χ3v) is 6.49. The molecular formula is C23H26N6O. The predicted octanol–water partition coefficient (Wildman–Crippen LogP) is 3.50. The van der Waals surface area contributed by atoms with Crippen molar-refractivity contribution in [2.24, 2.45) is 5.41 Å². The van der Waals surface area contributed by atoms with Gasteiger partial charge >= 0.3 is 0 Å². The van der Waals surface area contributed by atoms with Crippen molar-refractivity contribution < 1.29 is 4.79 Å². The van der Waals surface area contributed by atoms with Crippen molar-refractivity contribution in [2.75, 3.05) is 31.6 Å². The molecule has 5 rings (SSSR count). The zero-order valence-corrected chi connectivity index (χ0v) is 17.1. The Morgan fingerprint density at radius 1 is 1.20 bits per heavy atom. The first-order chi connectivity index (χ1) is 14.7. The summed E-state index contributed by atoms with van der Waals surface area (Å²) in [5.74, 6) is 0. The SMILES string of the molecule is CNCCC1(C=O)CCN(c2c(-c3ccc4[nH]cnc4c3)cnc3[nH]ccc23)CC1. The van der Waals surface area contributed by atoms with Crippen LogP contribution in [-0.2, 0) is 4.79 Å². The van der Waals surface area contributed by atoms with E-state index in [1.54, 1.807) is 6.33 Å². The Labute approximate surface area is 174 Å². The van der Waals surface area contributed by atoms with Gasteiger partial charge in [-0.05, 0) is 56.6 Å². The van der Waals surface area contributed by atoms with Crippen LogP contribution in [0.15, 0.2) is 43.0 Å². The monoisotopic (exact) mass is 402 g/mol. The highest BCUT2D eigenvalue weighted by Gasteiger charge is 2.35. The van der Waals surface area contributed by atoms with E-state index < -0.39 is 0 Å². The van der Waals surface area contributed by atoms with Gasteiger partial charge in [-0.15, -0.1) is 0 Å². The second kappa shape index (κ2) is 7.57. The van der Waals surface area contributed by atoms with Gasteiger partial charge in [-0.3, -0.25) is 0 Å². The highest BCUT2D eigenvalue weighted by molar-refractivity contribution is 6.00. The van der Waals surface area contributed by atoms with Crippen molar-refractivity contribution in [1.29, 1.82) is 0 Å². The molecule has 30 heavy (non-hydrogen) atoms. The number of rotatable bonds is 6. The van der Waals surface area contributed by atoms with Crippen molar-refractivity contribution in [3.05, 3.63) is 43.0 Å². The van der Waals surface area contributed by atoms with Crippen LogP contribution in [0, 0.1) is 5.41 Å². The summed E-state index contributed by atoms with van der Waals surface area (Å²) in [6, 6.07) is 8.38.